The number of rotatable bonds is 3. The molecule has 8 heteroatoms. The number of esters is 1. The Balaban J connectivity index is 1.45. The van der Waals surface area contributed by atoms with Crippen LogP contribution in [0.3, 0.4) is 0 Å². The van der Waals surface area contributed by atoms with Crippen LogP contribution < -0.4 is 0 Å². The second kappa shape index (κ2) is 7.91. The molecule has 0 aliphatic carbocycles. The van der Waals surface area contributed by atoms with E-state index in [1.54, 1.807) is 17.0 Å². The zero-order valence-corrected chi connectivity index (χ0v) is 17.6. The number of nitrogens with zero attached hydrogens (tertiary/aromatic N) is 1. The zero-order valence-electron chi connectivity index (χ0n) is 14.5. The van der Waals surface area contributed by atoms with E-state index >= 15 is 0 Å². The first-order valence-corrected chi connectivity index (χ1v) is 10.5. The fourth-order valence-electron chi connectivity index (χ4n) is 3.24. The van der Waals surface area contributed by atoms with E-state index in [0.717, 1.165) is 23.3 Å². The van der Waals surface area contributed by atoms with Gasteiger partial charge in [-0.25, -0.2) is 4.79 Å². The average molecular weight is 455 g/mol. The molecular formula is C20H14Cl3NO3S. The third-order valence-corrected chi connectivity index (χ3v) is 6.77. The lowest BCUT2D eigenvalue weighted by molar-refractivity contribution is -0.135. The fraction of sp³-hybridized carbons (Fsp3) is 0.200. The molecule has 1 aliphatic rings. The molecule has 1 aromatic heterocycles. The molecular weight excluding hydrogens is 441 g/mol. The van der Waals surface area contributed by atoms with Crippen molar-refractivity contribution in [2.75, 3.05) is 13.2 Å². The molecule has 144 valence electrons. The van der Waals surface area contributed by atoms with Gasteiger partial charge in [0, 0.05) is 28.2 Å². The monoisotopic (exact) mass is 453 g/mol. The van der Waals surface area contributed by atoms with Gasteiger partial charge in [0.05, 0.1) is 10.0 Å². The smallest absolute Gasteiger partial charge is 0.350 e. The molecule has 0 spiro atoms. The van der Waals surface area contributed by atoms with Crippen molar-refractivity contribution in [1.29, 1.82) is 0 Å². The number of ether oxygens (including phenoxy) is 1. The summed E-state index contributed by atoms with van der Waals surface area (Å²) >= 11 is 19.6. The van der Waals surface area contributed by atoms with Gasteiger partial charge in [0.1, 0.15) is 4.88 Å². The van der Waals surface area contributed by atoms with Gasteiger partial charge in [0.2, 0.25) is 0 Å². The Morgan fingerprint density at radius 3 is 2.64 bits per heavy atom. The van der Waals surface area contributed by atoms with Gasteiger partial charge in [-0.15, -0.1) is 11.3 Å². The highest BCUT2D eigenvalue weighted by atomic mass is 35.5. The van der Waals surface area contributed by atoms with Gasteiger partial charge in [-0.05, 0) is 29.7 Å². The topological polar surface area (TPSA) is 46.6 Å². The number of amides is 1. The van der Waals surface area contributed by atoms with Crippen LogP contribution in [0, 0.1) is 0 Å². The van der Waals surface area contributed by atoms with Crippen LogP contribution in [0.5, 0.6) is 0 Å². The highest BCUT2D eigenvalue weighted by molar-refractivity contribution is 7.21. The molecule has 0 N–H and O–H groups in total. The Labute approximate surface area is 180 Å². The van der Waals surface area contributed by atoms with E-state index in [0.29, 0.717) is 33.2 Å². The first-order valence-electron chi connectivity index (χ1n) is 8.53. The summed E-state index contributed by atoms with van der Waals surface area (Å²) in [6, 6.07) is 11.3. The first-order chi connectivity index (χ1) is 13.4. The molecule has 0 saturated heterocycles. The molecule has 2 aromatic carbocycles. The standard InChI is InChI=1S/C20H14Cl3NO3S/c21-13-7-14(22)17-15(8-13)28-19(18(17)23)20(26)27-10-16(25)24-6-5-11-3-1-2-4-12(11)9-24/h1-4,7-8H,5-6,9-10H2. The van der Waals surface area contributed by atoms with Gasteiger partial charge in [0.15, 0.2) is 6.61 Å². The quantitative estimate of drug-likeness (QED) is 0.484. The van der Waals surface area contributed by atoms with Crippen LogP contribution in [-0.4, -0.2) is 29.9 Å². The molecule has 0 atom stereocenters. The molecule has 1 amide bonds. The van der Waals surface area contributed by atoms with Crippen LogP contribution in [0.25, 0.3) is 10.1 Å². The molecule has 28 heavy (non-hydrogen) atoms. The molecule has 4 rings (SSSR count). The Morgan fingerprint density at radius 1 is 1.11 bits per heavy atom. The van der Waals surface area contributed by atoms with Crippen molar-refractivity contribution in [2.45, 2.75) is 13.0 Å². The minimum Gasteiger partial charge on any atom is -0.451 e. The van der Waals surface area contributed by atoms with Crippen molar-refractivity contribution < 1.29 is 14.3 Å². The number of hydrogen-bond acceptors (Lipinski definition) is 4. The SMILES string of the molecule is O=C(OCC(=O)N1CCc2ccccc2C1)c1sc2cc(Cl)cc(Cl)c2c1Cl. The number of hydrogen-bond donors (Lipinski definition) is 0. The average Bonchev–Trinajstić information content (AvgIpc) is 3.02. The number of fused-ring (bicyclic) bond motifs is 2. The van der Waals surface area contributed by atoms with Crippen molar-refractivity contribution >= 4 is 68.1 Å². The molecule has 0 saturated carbocycles. The lowest BCUT2D eigenvalue weighted by Gasteiger charge is -2.28. The maximum atomic E-state index is 12.5. The molecule has 3 aromatic rings. The summed E-state index contributed by atoms with van der Waals surface area (Å²) in [5, 5.41) is 1.59. The van der Waals surface area contributed by atoms with Gasteiger partial charge in [-0.3, -0.25) is 4.79 Å². The molecule has 2 heterocycles. The summed E-state index contributed by atoms with van der Waals surface area (Å²) in [6.45, 7) is 0.787. The number of carbonyl (C=O) groups is 2. The second-order valence-corrected chi connectivity index (χ2v) is 8.69. The van der Waals surface area contributed by atoms with E-state index in [9.17, 15) is 9.59 Å². The molecule has 0 bridgehead atoms. The van der Waals surface area contributed by atoms with Crippen molar-refractivity contribution in [2.24, 2.45) is 0 Å². The Kier molecular flexibility index (Phi) is 5.52. The maximum Gasteiger partial charge on any atom is 0.350 e. The molecule has 0 fully saturated rings. The molecule has 0 radical (unpaired) electrons. The predicted octanol–water partition coefficient (Wildman–Crippen LogP) is 5.60. The predicted molar refractivity (Wildman–Crippen MR) is 113 cm³/mol. The van der Waals surface area contributed by atoms with E-state index in [1.165, 1.54) is 5.56 Å². The zero-order chi connectivity index (χ0) is 19.8. The minimum atomic E-state index is -0.649. The van der Waals surface area contributed by atoms with E-state index in [-0.39, 0.29) is 22.4 Å². The maximum absolute atomic E-state index is 12.5. The Morgan fingerprint density at radius 2 is 1.86 bits per heavy atom. The van der Waals surface area contributed by atoms with Crippen molar-refractivity contribution in [3.8, 4) is 0 Å². The molecule has 4 nitrogen and oxygen atoms in total. The first kappa shape index (κ1) is 19.5. The van der Waals surface area contributed by atoms with E-state index in [1.807, 2.05) is 18.2 Å². The largest absolute Gasteiger partial charge is 0.451 e. The summed E-state index contributed by atoms with van der Waals surface area (Å²) < 4.78 is 5.92. The summed E-state index contributed by atoms with van der Waals surface area (Å²) in [5.74, 6) is -0.884. The highest BCUT2D eigenvalue weighted by Gasteiger charge is 2.24. The summed E-state index contributed by atoms with van der Waals surface area (Å²) in [4.78, 5) is 26.9. The third-order valence-electron chi connectivity index (χ3n) is 4.65. The lowest BCUT2D eigenvalue weighted by Crippen LogP contribution is -2.38. The molecule has 1 aliphatic heterocycles. The van der Waals surface area contributed by atoms with Crippen LogP contribution in [0.15, 0.2) is 36.4 Å². The van der Waals surface area contributed by atoms with E-state index < -0.39 is 5.97 Å². The third kappa shape index (κ3) is 3.72. The fourth-order valence-corrected chi connectivity index (χ4v) is 5.50. The summed E-state index contributed by atoms with van der Waals surface area (Å²) in [7, 11) is 0. The Hall–Kier alpha value is -1.79. The lowest BCUT2D eigenvalue weighted by atomic mass is 10.00. The van der Waals surface area contributed by atoms with Gasteiger partial charge in [0.25, 0.3) is 5.91 Å². The van der Waals surface area contributed by atoms with Crippen LogP contribution in [-0.2, 0) is 22.5 Å². The van der Waals surface area contributed by atoms with Gasteiger partial charge in [-0.1, -0.05) is 59.1 Å². The van der Waals surface area contributed by atoms with Crippen LogP contribution in [0.4, 0.5) is 0 Å². The number of thiophene rings is 1. The van der Waals surface area contributed by atoms with E-state index in [4.69, 9.17) is 39.5 Å². The van der Waals surface area contributed by atoms with Gasteiger partial charge >= 0.3 is 5.97 Å². The van der Waals surface area contributed by atoms with Crippen LogP contribution >= 0.6 is 46.1 Å². The second-order valence-electron chi connectivity index (χ2n) is 6.42. The number of halogens is 3. The van der Waals surface area contributed by atoms with Crippen molar-refractivity contribution in [3.05, 3.63) is 67.5 Å². The Bertz CT molecular complexity index is 1100. The molecule has 0 unspecified atom stereocenters. The summed E-state index contributed by atoms with van der Waals surface area (Å²) in [5.41, 5.74) is 2.36. The highest BCUT2D eigenvalue weighted by Crippen LogP contribution is 2.41. The van der Waals surface area contributed by atoms with Gasteiger partial charge < -0.3 is 9.64 Å². The van der Waals surface area contributed by atoms with E-state index in [2.05, 4.69) is 6.07 Å². The normalized spacial score (nSPS) is 13.5. The minimum absolute atomic E-state index is 0.206. The van der Waals surface area contributed by atoms with Crippen LogP contribution in [0.2, 0.25) is 15.1 Å². The van der Waals surface area contributed by atoms with Crippen molar-refractivity contribution in [3.63, 3.8) is 0 Å². The van der Waals surface area contributed by atoms with Crippen LogP contribution in [0.1, 0.15) is 20.8 Å². The number of benzene rings is 2. The van der Waals surface area contributed by atoms with Gasteiger partial charge in [-0.2, -0.15) is 0 Å². The summed E-state index contributed by atoms with van der Waals surface area (Å²) in [6.07, 6.45) is 0.789. The van der Waals surface area contributed by atoms with Crippen molar-refractivity contribution in [1.82, 2.24) is 4.90 Å². The number of carbonyl (C=O) groups excluding carboxylic acids is 2.